The fourth-order valence-electron chi connectivity index (χ4n) is 4.26. The Labute approximate surface area is 225 Å². The molecule has 2 N–H and O–H groups in total. The van der Waals surface area contributed by atoms with Crippen LogP contribution >= 0.6 is 0 Å². The van der Waals surface area contributed by atoms with Crippen LogP contribution in [-0.4, -0.2) is 72.5 Å². The molecule has 2 aliphatic heterocycles. The van der Waals surface area contributed by atoms with Crippen LogP contribution < -0.4 is 15.4 Å². The van der Waals surface area contributed by atoms with Gasteiger partial charge in [-0.2, -0.15) is 0 Å². The highest BCUT2D eigenvalue weighted by Crippen LogP contribution is 2.32. The van der Waals surface area contributed by atoms with Crippen molar-refractivity contribution in [3.8, 4) is 5.75 Å². The van der Waals surface area contributed by atoms with E-state index in [1.165, 1.54) is 0 Å². The van der Waals surface area contributed by atoms with Crippen molar-refractivity contribution < 1.29 is 38.2 Å². The number of rotatable bonds is 10. The van der Waals surface area contributed by atoms with Crippen molar-refractivity contribution in [3.05, 3.63) is 59.2 Å². The number of piperidine rings is 1. The zero-order valence-electron chi connectivity index (χ0n) is 22.1. The monoisotopic (exact) mass is 537 g/mol. The standard InChI is InChI=1S/C28H31N3O8/c1-28(2,3)39-27(36)17-7-9-18(10-8-17)38-16-15-37-14-13-29-20-6-4-5-19-23(20)26(35)31(25(19)34)21-11-12-22(32)30-24(21)33/h4-10,21,29H,11-16H2,1-3H3,(H,30,32,33). The minimum absolute atomic E-state index is 0.0629. The Bertz CT molecular complexity index is 1280. The maximum atomic E-state index is 13.1. The van der Waals surface area contributed by atoms with Crippen LogP contribution in [0.15, 0.2) is 42.5 Å². The number of fused-ring (bicyclic) bond motifs is 1. The van der Waals surface area contributed by atoms with Crippen LogP contribution in [-0.2, 0) is 19.1 Å². The molecule has 1 unspecified atom stereocenters. The molecule has 206 valence electrons. The van der Waals surface area contributed by atoms with Crippen LogP contribution in [0, 0.1) is 0 Å². The maximum Gasteiger partial charge on any atom is 0.338 e. The summed E-state index contributed by atoms with van der Waals surface area (Å²) in [6.07, 6.45) is 0.163. The Morgan fingerprint density at radius 1 is 1.00 bits per heavy atom. The number of nitrogens with zero attached hydrogens (tertiary/aromatic N) is 1. The topological polar surface area (TPSA) is 140 Å². The van der Waals surface area contributed by atoms with Crippen LogP contribution in [0.2, 0.25) is 0 Å². The summed E-state index contributed by atoms with van der Waals surface area (Å²) >= 11 is 0. The second kappa shape index (κ2) is 11.6. The van der Waals surface area contributed by atoms with Gasteiger partial charge in [-0.15, -0.1) is 0 Å². The largest absolute Gasteiger partial charge is 0.491 e. The Balaban J connectivity index is 1.22. The zero-order valence-corrected chi connectivity index (χ0v) is 22.1. The van der Waals surface area contributed by atoms with Gasteiger partial charge in [0.15, 0.2) is 0 Å². The smallest absolute Gasteiger partial charge is 0.338 e. The van der Waals surface area contributed by atoms with Crippen molar-refractivity contribution in [2.24, 2.45) is 0 Å². The molecule has 1 fully saturated rings. The summed E-state index contributed by atoms with van der Waals surface area (Å²) in [6, 6.07) is 10.5. The summed E-state index contributed by atoms with van der Waals surface area (Å²) in [6.45, 7) is 6.70. The molecule has 0 spiro atoms. The number of hydrogen-bond donors (Lipinski definition) is 2. The Kier molecular flexibility index (Phi) is 8.29. The van der Waals surface area contributed by atoms with Gasteiger partial charge in [-0.3, -0.25) is 29.4 Å². The summed E-state index contributed by atoms with van der Waals surface area (Å²) in [7, 11) is 0. The number of anilines is 1. The van der Waals surface area contributed by atoms with E-state index in [4.69, 9.17) is 14.2 Å². The number of amides is 4. The third kappa shape index (κ3) is 6.61. The number of imide groups is 2. The fourth-order valence-corrected chi connectivity index (χ4v) is 4.26. The molecule has 2 aromatic carbocycles. The highest BCUT2D eigenvalue weighted by atomic mass is 16.6. The maximum absolute atomic E-state index is 13.1. The van der Waals surface area contributed by atoms with E-state index in [0.717, 1.165) is 4.90 Å². The Morgan fingerprint density at radius 3 is 2.44 bits per heavy atom. The van der Waals surface area contributed by atoms with E-state index in [1.807, 2.05) is 20.8 Å². The van der Waals surface area contributed by atoms with E-state index in [2.05, 4.69) is 10.6 Å². The van der Waals surface area contributed by atoms with E-state index < -0.39 is 41.2 Å². The molecule has 2 aromatic rings. The summed E-state index contributed by atoms with van der Waals surface area (Å²) < 4.78 is 16.6. The number of carbonyl (C=O) groups is 5. The van der Waals surface area contributed by atoms with Crippen LogP contribution in [0.1, 0.15) is 64.7 Å². The molecule has 2 aliphatic rings. The average Bonchev–Trinajstić information content (AvgIpc) is 3.13. The molecule has 11 heteroatoms. The number of hydrogen-bond acceptors (Lipinski definition) is 9. The van der Waals surface area contributed by atoms with Crippen LogP contribution in [0.5, 0.6) is 5.75 Å². The van der Waals surface area contributed by atoms with Gasteiger partial charge in [-0.05, 0) is 63.6 Å². The Hall–Kier alpha value is -4.25. The summed E-state index contributed by atoms with van der Waals surface area (Å²) in [5.41, 5.74) is 0.743. The van der Waals surface area contributed by atoms with Crippen LogP contribution in [0.3, 0.4) is 0 Å². The van der Waals surface area contributed by atoms with Crippen molar-refractivity contribution in [1.29, 1.82) is 0 Å². The van der Waals surface area contributed by atoms with Crippen LogP contribution in [0.4, 0.5) is 5.69 Å². The Morgan fingerprint density at radius 2 is 1.74 bits per heavy atom. The van der Waals surface area contributed by atoms with E-state index in [0.29, 0.717) is 43.4 Å². The quantitative estimate of drug-likeness (QED) is 0.266. The van der Waals surface area contributed by atoms with Crippen molar-refractivity contribution >= 4 is 35.3 Å². The van der Waals surface area contributed by atoms with Gasteiger partial charge in [0.05, 0.1) is 29.9 Å². The van der Waals surface area contributed by atoms with Gasteiger partial charge in [0, 0.05) is 18.7 Å². The van der Waals surface area contributed by atoms with Crippen molar-refractivity contribution in [2.75, 3.05) is 31.7 Å². The van der Waals surface area contributed by atoms with Crippen LogP contribution in [0.25, 0.3) is 0 Å². The molecule has 0 aromatic heterocycles. The lowest BCUT2D eigenvalue weighted by Crippen LogP contribution is -2.54. The van der Waals surface area contributed by atoms with E-state index in [9.17, 15) is 24.0 Å². The predicted octanol–water partition coefficient (Wildman–Crippen LogP) is 2.55. The fraction of sp³-hybridized carbons (Fsp3) is 0.393. The third-order valence-corrected chi connectivity index (χ3v) is 6.02. The van der Waals surface area contributed by atoms with Gasteiger partial charge in [-0.1, -0.05) is 6.07 Å². The number of benzene rings is 2. The molecule has 0 bridgehead atoms. The van der Waals surface area contributed by atoms with Crippen molar-refractivity contribution in [1.82, 2.24) is 10.2 Å². The minimum atomic E-state index is -1.01. The second-order valence-electron chi connectivity index (χ2n) is 10.1. The van der Waals surface area contributed by atoms with Gasteiger partial charge in [0.1, 0.15) is 24.0 Å². The molecular formula is C28H31N3O8. The predicted molar refractivity (Wildman–Crippen MR) is 140 cm³/mol. The molecule has 4 rings (SSSR count). The summed E-state index contributed by atoms with van der Waals surface area (Å²) in [5, 5.41) is 5.30. The van der Waals surface area contributed by atoms with E-state index >= 15 is 0 Å². The van der Waals surface area contributed by atoms with Crippen molar-refractivity contribution in [2.45, 2.75) is 45.3 Å². The highest BCUT2D eigenvalue weighted by molar-refractivity contribution is 6.25. The number of ether oxygens (including phenoxy) is 3. The molecule has 0 saturated carbocycles. The summed E-state index contributed by atoms with van der Waals surface area (Å²) in [4.78, 5) is 62.8. The molecule has 1 atom stereocenters. The second-order valence-corrected chi connectivity index (χ2v) is 10.1. The lowest BCUT2D eigenvalue weighted by atomic mass is 10.0. The van der Waals surface area contributed by atoms with Gasteiger partial charge in [0.25, 0.3) is 11.8 Å². The van der Waals surface area contributed by atoms with E-state index in [-0.39, 0.29) is 24.0 Å². The van der Waals surface area contributed by atoms with Gasteiger partial charge >= 0.3 is 5.97 Å². The first-order chi connectivity index (χ1) is 18.5. The molecular weight excluding hydrogens is 506 g/mol. The first-order valence-corrected chi connectivity index (χ1v) is 12.7. The van der Waals surface area contributed by atoms with Gasteiger partial charge < -0.3 is 19.5 Å². The molecule has 1 saturated heterocycles. The highest BCUT2D eigenvalue weighted by Gasteiger charge is 2.45. The number of esters is 1. The summed E-state index contributed by atoms with van der Waals surface area (Å²) in [5.74, 6) is -2.00. The molecule has 4 amide bonds. The van der Waals surface area contributed by atoms with Crippen molar-refractivity contribution in [3.63, 3.8) is 0 Å². The lowest BCUT2D eigenvalue weighted by Gasteiger charge is -2.27. The minimum Gasteiger partial charge on any atom is -0.491 e. The molecule has 39 heavy (non-hydrogen) atoms. The van der Waals surface area contributed by atoms with Gasteiger partial charge in [-0.25, -0.2) is 4.79 Å². The number of carbonyl (C=O) groups excluding carboxylic acids is 5. The van der Waals surface area contributed by atoms with E-state index in [1.54, 1.807) is 42.5 Å². The zero-order chi connectivity index (χ0) is 28.2. The normalized spacial score (nSPS) is 17.1. The van der Waals surface area contributed by atoms with Gasteiger partial charge in [0.2, 0.25) is 11.8 Å². The first-order valence-electron chi connectivity index (χ1n) is 12.7. The molecule has 0 aliphatic carbocycles. The first kappa shape index (κ1) is 27.8. The molecule has 11 nitrogen and oxygen atoms in total. The number of nitrogens with one attached hydrogen (secondary N) is 2. The molecule has 2 heterocycles. The third-order valence-electron chi connectivity index (χ3n) is 6.02. The lowest BCUT2D eigenvalue weighted by molar-refractivity contribution is -0.136. The molecule has 0 radical (unpaired) electrons. The average molecular weight is 538 g/mol. The SMILES string of the molecule is CC(C)(C)OC(=O)c1ccc(OCCOCCNc2cccc3c2C(=O)N(C2CCC(=O)NC2=O)C3=O)cc1.